The first-order chi connectivity index (χ1) is 10.4. The van der Waals surface area contributed by atoms with Gasteiger partial charge in [-0.1, -0.05) is 36.4 Å². The molecule has 0 saturated heterocycles. The first kappa shape index (κ1) is 16.8. The molecule has 0 N–H and O–H groups in total. The molecule has 0 saturated carbocycles. The molecular weight excluding hydrogens is 406 g/mol. The van der Waals surface area contributed by atoms with Gasteiger partial charge in [0.1, 0.15) is 0 Å². The van der Waals surface area contributed by atoms with Gasteiger partial charge in [-0.3, -0.25) is 4.79 Å². The number of nitrogens with zero attached hydrogens (tertiary/aromatic N) is 1. The standard InChI is InChI=1S/C16H13F3INO/c17-16(18,19)21(10-9-12-5-2-1-3-6-12)15(22)13-7-4-8-14(20)11-13/h1-8,11H,9-10H2. The molecule has 0 radical (unpaired) electrons. The SMILES string of the molecule is O=C(c1cccc(I)c1)N(CCc1ccccc1)C(F)(F)F. The Kier molecular flexibility index (Phi) is 5.44. The second-order valence-corrected chi connectivity index (χ2v) is 5.92. The molecule has 2 aromatic rings. The van der Waals surface area contributed by atoms with Crippen molar-refractivity contribution in [3.05, 3.63) is 69.3 Å². The van der Waals surface area contributed by atoms with Gasteiger partial charge in [-0.25, -0.2) is 4.90 Å². The minimum absolute atomic E-state index is 0.0363. The molecule has 6 heteroatoms. The molecule has 1 amide bonds. The van der Waals surface area contributed by atoms with Crippen molar-refractivity contribution in [3.8, 4) is 0 Å². The molecular formula is C16H13F3INO. The highest BCUT2D eigenvalue weighted by molar-refractivity contribution is 14.1. The molecule has 0 bridgehead atoms. The van der Waals surface area contributed by atoms with E-state index in [4.69, 9.17) is 0 Å². The van der Waals surface area contributed by atoms with Crippen LogP contribution in [-0.2, 0) is 6.42 Å². The topological polar surface area (TPSA) is 20.3 Å². The van der Waals surface area contributed by atoms with Crippen LogP contribution in [0.4, 0.5) is 13.2 Å². The Balaban J connectivity index is 2.18. The van der Waals surface area contributed by atoms with Crippen LogP contribution in [0.3, 0.4) is 0 Å². The molecule has 0 aromatic heterocycles. The quantitative estimate of drug-likeness (QED) is 0.528. The maximum Gasteiger partial charge on any atom is 0.487 e. The second-order valence-electron chi connectivity index (χ2n) is 4.67. The fourth-order valence-electron chi connectivity index (χ4n) is 2.01. The highest BCUT2D eigenvalue weighted by Crippen LogP contribution is 2.24. The number of halogens is 4. The normalized spacial score (nSPS) is 11.3. The molecule has 116 valence electrons. The summed E-state index contributed by atoms with van der Waals surface area (Å²) in [7, 11) is 0. The summed E-state index contributed by atoms with van der Waals surface area (Å²) in [6.45, 7) is -0.405. The zero-order valence-electron chi connectivity index (χ0n) is 11.5. The lowest BCUT2D eigenvalue weighted by molar-refractivity contribution is -0.224. The highest BCUT2D eigenvalue weighted by atomic mass is 127. The third-order valence-corrected chi connectivity index (χ3v) is 3.76. The van der Waals surface area contributed by atoms with Crippen LogP contribution in [0.25, 0.3) is 0 Å². The van der Waals surface area contributed by atoms with E-state index >= 15 is 0 Å². The lowest BCUT2D eigenvalue weighted by atomic mass is 10.1. The summed E-state index contributed by atoms with van der Waals surface area (Å²) >= 11 is 1.96. The Morgan fingerprint density at radius 2 is 1.73 bits per heavy atom. The molecule has 2 nitrogen and oxygen atoms in total. The van der Waals surface area contributed by atoms with Crippen LogP contribution in [0.1, 0.15) is 15.9 Å². The molecule has 2 rings (SSSR count). The number of hydrogen-bond acceptors (Lipinski definition) is 1. The third kappa shape index (κ3) is 4.46. The van der Waals surface area contributed by atoms with E-state index in [2.05, 4.69) is 0 Å². The van der Waals surface area contributed by atoms with Gasteiger partial charge in [-0.05, 0) is 52.8 Å². The molecule has 22 heavy (non-hydrogen) atoms. The van der Waals surface area contributed by atoms with E-state index in [1.807, 2.05) is 22.6 Å². The summed E-state index contributed by atoms with van der Waals surface area (Å²) in [4.78, 5) is 12.1. The molecule has 0 fully saturated rings. The summed E-state index contributed by atoms with van der Waals surface area (Å²) in [5, 5.41) is 0. The summed E-state index contributed by atoms with van der Waals surface area (Å²) in [5.41, 5.74) is 0.796. The lowest BCUT2D eigenvalue weighted by Gasteiger charge is -2.25. The number of rotatable bonds is 4. The van der Waals surface area contributed by atoms with Crippen molar-refractivity contribution in [2.75, 3.05) is 6.54 Å². The monoisotopic (exact) mass is 419 g/mol. The Labute approximate surface area is 140 Å². The number of benzene rings is 2. The van der Waals surface area contributed by atoms with Crippen molar-refractivity contribution < 1.29 is 18.0 Å². The predicted octanol–water partition coefficient (Wildman–Crippen LogP) is 4.50. The second kappa shape index (κ2) is 7.13. The van der Waals surface area contributed by atoms with Gasteiger partial charge in [0.05, 0.1) is 0 Å². The van der Waals surface area contributed by atoms with Gasteiger partial charge in [-0.15, -0.1) is 13.2 Å². The molecule has 0 aliphatic carbocycles. The number of alkyl halides is 3. The summed E-state index contributed by atoms with van der Waals surface area (Å²) in [5.74, 6) is -1.03. The maximum absolute atomic E-state index is 13.2. The van der Waals surface area contributed by atoms with E-state index in [1.54, 1.807) is 42.5 Å². The molecule has 0 atom stereocenters. The molecule has 0 aliphatic heterocycles. The van der Waals surface area contributed by atoms with Gasteiger partial charge in [0, 0.05) is 15.7 Å². The highest BCUT2D eigenvalue weighted by Gasteiger charge is 2.40. The Morgan fingerprint density at radius 3 is 2.32 bits per heavy atom. The van der Waals surface area contributed by atoms with E-state index in [1.165, 1.54) is 12.1 Å². The lowest BCUT2D eigenvalue weighted by Crippen LogP contribution is -2.44. The number of hydrogen-bond donors (Lipinski definition) is 0. The van der Waals surface area contributed by atoms with Gasteiger partial charge in [0.2, 0.25) is 0 Å². The zero-order valence-corrected chi connectivity index (χ0v) is 13.6. The van der Waals surface area contributed by atoms with E-state index < -0.39 is 18.8 Å². The van der Waals surface area contributed by atoms with E-state index in [-0.39, 0.29) is 16.9 Å². The van der Waals surface area contributed by atoms with Crippen molar-refractivity contribution in [1.82, 2.24) is 4.90 Å². The number of carbonyl (C=O) groups excluding carboxylic acids is 1. The fourth-order valence-corrected chi connectivity index (χ4v) is 2.55. The first-order valence-corrected chi connectivity index (χ1v) is 7.64. The minimum Gasteiger partial charge on any atom is -0.269 e. The minimum atomic E-state index is -4.70. The zero-order chi connectivity index (χ0) is 16.2. The number of carbonyl (C=O) groups is 1. The van der Waals surface area contributed by atoms with Crippen LogP contribution in [0.2, 0.25) is 0 Å². The Morgan fingerprint density at radius 1 is 1.05 bits per heavy atom. The van der Waals surface area contributed by atoms with Crippen LogP contribution >= 0.6 is 22.6 Å². The van der Waals surface area contributed by atoms with Crippen molar-refractivity contribution in [1.29, 1.82) is 0 Å². The first-order valence-electron chi connectivity index (χ1n) is 6.56. The van der Waals surface area contributed by atoms with Crippen LogP contribution in [0.5, 0.6) is 0 Å². The van der Waals surface area contributed by atoms with Crippen LogP contribution < -0.4 is 0 Å². The molecule has 0 spiro atoms. The average molecular weight is 419 g/mol. The van der Waals surface area contributed by atoms with Crippen molar-refractivity contribution >= 4 is 28.5 Å². The molecule has 0 aliphatic rings. The molecule has 2 aromatic carbocycles. The van der Waals surface area contributed by atoms with Gasteiger partial charge in [-0.2, -0.15) is 0 Å². The van der Waals surface area contributed by atoms with E-state index in [0.717, 1.165) is 5.56 Å². The van der Waals surface area contributed by atoms with Crippen molar-refractivity contribution in [2.45, 2.75) is 12.7 Å². The smallest absolute Gasteiger partial charge is 0.269 e. The molecule has 0 unspecified atom stereocenters. The maximum atomic E-state index is 13.2. The van der Waals surface area contributed by atoms with Crippen molar-refractivity contribution in [3.63, 3.8) is 0 Å². The predicted molar refractivity (Wildman–Crippen MR) is 86.4 cm³/mol. The van der Waals surface area contributed by atoms with E-state index in [0.29, 0.717) is 3.57 Å². The largest absolute Gasteiger partial charge is 0.487 e. The van der Waals surface area contributed by atoms with Gasteiger partial charge >= 0.3 is 6.30 Å². The molecule has 0 heterocycles. The summed E-state index contributed by atoms with van der Waals surface area (Å²) < 4.78 is 40.2. The summed E-state index contributed by atoms with van der Waals surface area (Å²) in [6, 6.07) is 14.9. The van der Waals surface area contributed by atoms with Gasteiger partial charge < -0.3 is 0 Å². The number of amides is 1. The van der Waals surface area contributed by atoms with E-state index in [9.17, 15) is 18.0 Å². The van der Waals surface area contributed by atoms with Crippen molar-refractivity contribution in [2.24, 2.45) is 0 Å². The Hall–Kier alpha value is -1.57. The van der Waals surface area contributed by atoms with Crippen LogP contribution in [0, 0.1) is 3.57 Å². The third-order valence-electron chi connectivity index (χ3n) is 3.09. The van der Waals surface area contributed by atoms with Crippen LogP contribution in [0.15, 0.2) is 54.6 Å². The van der Waals surface area contributed by atoms with Gasteiger partial charge in [0.15, 0.2) is 0 Å². The fraction of sp³-hybridized carbons (Fsp3) is 0.188. The van der Waals surface area contributed by atoms with Crippen LogP contribution in [-0.4, -0.2) is 23.7 Å². The summed E-state index contributed by atoms with van der Waals surface area (Å²) in [6.07, 6.45) is -4.55. The van der Waals surface area contributed by atoms with Gasteiger partial charge in [0.25, 0.3) is 5.91 Å². The average Bonchev–Trinajstić information content (AvgIpc) is 2.47. The Bertz CT molecular complexity index is 643.